The summed E-state index contributed by atoms with van der Waals surface area (Å²) in [7, 11) is 0. The summed E-state index contributed by atoms with van der Waals surface area (Å²) in [5.41, 5.74) is 1.11. The summed E-state index contributed by atoms with van der Waals surface area (Å²) in [6.07, 6.45) is 7.04. The minimum absolute atomic E-state index is 0.0808. The van der Waals surface area contributed by atoms with E-state index in [4.69, 9.17) is 0 Å². The number of allylic oxidation sites excluding steroid dienone is 2. The maximum Gasteiger partial charge on any atom is 0.247 e. The average molecular weight is 177 g/mol. The van der Waals surface area contributed by atoms with Crippen molar-refractivity contribution in [3.8, 4) is 0 Å². The van der Waals surface area contributed by atoms with Crippen molar-refractivity contribution in [2.45, 2.75) is 13.0 Å². The van der Waals surface area contributed by atoms with E-state index in [1.807, 2.05) is 25.2 Å². The molecule has 2 N–H and O–H groups in total. The van der Waals surface area contributed by atoms with E-state index in [9.17, 15) is 9.90 Å². The van der Waals surface area contributed by atoms with Gasteiger partial charge in [-0.2, -0.15) is 0 Å². The SMILES string of the molecule is CC1=CC2C(O)=CC(=O)NC2C=C1. The molecule has 2 unspecified atom stereocenters. The van der Waals surface area contributed by atoms with Crippen molar-refractivity contribution in [1.82, 2.24) is 5.32 Å². The van der Waals surface area contributed by atoms with E-state index in [0.29, 0.717) is 0 Å². The number of nitrogens with one attached hydrogen (secondary N) is 1. The molecule has 2 rings (SSSR count). The first-order chi connectivity index (χ1) is 6.16. The molecule has 0 aromatic rings. The predicted octanol–water partition coefficient (Wildman–Crippen LogP) is 1.06. The van der Waals surface area contributed by atoms with Crippen molar-refractivity contribution in [3.63, 3.8) is 0 Å². The van der Waals surface area contributed by atoms with E-state index in [0.717, 1.165) is 5.57 Å². The van der Waals surface area contributed by atoms with Crippen LogP contribution in [0.4, 0.5) is 0 Å². The number of fused-ring (bicyclic) bond motifs is 1. The highest BCUT2D eigenvalue weighted by atomic mass is 16.3. The van der Waals surface area contributed by atoms with Gasteiger partial charge in [-0.1, -0.05) is 23.8 Å². The van der Waals surface area contributed by atoms with Crippen LogP contribution in [0.15, 0.2) is 35.6 Å². The minimum atomic E-state index is -0.226. The molecule has 1 aliphatic carbocycles. The van der Waals surface area contributed by atoms with Crippen LogP contribution < -0.4 is 5.32 Å². The van der Waals surface area contributed by atoms with Gasteiger partial charge in [-0.15, -0.1) is 0 Å². The summed E-state index contributed by atoms with van der Waals surface area (Å²) in [5, 5.41) is 12.3. The Balaban J connectivity index is 2.35. The molecule has 0 spiro atoms. The van der Waals surface area contributed by atoms with Crippen molar-refractivity contribution < 1.29 is 9.90 Å². The van der Waals surface area contributed by atoms with Crippen molar-refractivity contribution in [2.75, 3.05) is 0 Å². The molecule has 2 aliphatic rings. The lowest BCUT2D eigenvalue weighted by atomic mass is 9.88. The van der Waals surface area contributed by atoms with Crippen LogP contribution in [0.3, 0.4) is 0 Å². The molecule has 2 atom stereocenters. The van der Waals surface area contributed by atoms with Crippen LogP contribution >= 0.6 is 0 Å². The first-order valence-corrected chi connectivity index (χ1v) is 4.24. The second kappa shape index (κ2) is 2.76. The molecular weight excluding hydrogens is 166 g/mol. The van der Waals surface area contributed by atoms with Crippen LogP contribution in [-0.4, -0.2) is 17.1 Å². The molecule has 0 saturated carbocycles. The van der Waals surface area contributed by atoms with Gasteiger partial charge in [-0.05, 0) is 6.92 Å². The Kier molecular flexibility index (Phi) is 1.72. The maximum atomic E-state index is 11.0. The molecule has 0 bridgehead atoms. The summed E-state index contributed by atoms with van der Waals surface area (Å²) < 4.78 is 0. The molecule has 1 amide bonds. The molecule has 0 radical (unpaired) electrons. The third kappa shape index (κ3) is 1.37. The summed E-state index contributed by atoms with van der Waals surface area (Å²) in [6, 6.07) is -0.0822. The van der Waals surface area contributed by atoms with E-state index < -0.39 is 0 Å². The summed E-state index contributed by atoms with van der Waals surface area (Å²) in [5.74, 6) is -0.156. The number of hydrogen-bond acceptors (Lipinski definition) is 2. The van der Waals surface area contributed by atoms with Crippen LogP contribution in [0.1, 0.15) is 6.92 Å². The maximum absolute atomic E-state index is 11.0. The number of carbonyl (C=O) groups is 1. The summed E-state index contributed by atoms with van der Waals surface area (Å²) in [4.78, 5) is 11.0. The third-order valence-corrected chi connectivity index (χ3v) is 2.33. The number of carbonyl (C=O) groups excluding carboxylic acids is 1. The number of aliphatic hydroxyl groups excluding tert-OH is 1. The standard InChI is InChI=1S/C10H11NO2/c1-6-2-3-8-7(4-6)9(12)5-10(13)11-8/h2-5,7-8,12H,1H3,(H,11,13). The van der Waals surface area contributed by atoms with Crippen LogP contribution in [0.2, 0.25) is 0 Å². The zero-order chi connectivity index (χ0) is 9.42. The average Bonchev–Trinajstić information content (AvgIpc) is 2.06. The van der Waals surface area contributed by atoms with Crippen molar-refractivity contribution in [3.05, 3.63) is 35.6 Å². The highest BCUT2D eigenvalue weighted by molar-refractivity contribution is 5.89. The molecule has 0 saturated heterocycles. The van der Waals surface area contributed by atoms with E-state index in [1.54, 1.807) is 0 Å². The fraction of sp³-hybridized carbons (Fsp3) is 0.300. The predicted molar refractivity (Wildman–Crippen MR) is 49.0 cm³/mol. The van der Waals surface area contributed by atoms with Gasteiger partial charge >= 0.3 is 0 Å². The Morgan fingerprint density at radius 1 is 1.54 bits per heavy atom. The quantitative estimate of drug-likeness (QED) is 0.581. The molecule has 0 aromatic heterocycles. The minimum Gasteiger partial charge on any atom is -0.511 e. The molecule has 1 aliphatic heterocycles. The largest absolute Gasteiger partial charge is 0.511 e. The highest BCUT2D eigenvalue weighted by Gasteiger charge is 2.28. The first kappa shape index (κ1) is 8.10. The van der Waals surface area contributed by atoms with Crippen LogP contribution in [-0.2, 0) is 4.79 Å². The van der Waals surface area contributed by atoms with Crippen LogP contribution in [0.25, 0.3) is 0 Å². The molecule has 3 heteroatoms. The van der Waals surface area contributed by atoms with Gasteiger partial charge in [0.2, 0.25) is 5.91 Å². The Morgan fingerprint density at radius 3 is 3.08 bits per heavy atom. The topological polar surface area (TPSA) is 49.3 Å². The van der Waals surface area contributed by atoms with E-state index in [-0.39, 0.29) is 23.6 Å². The zero-order valence-electron chi connectivity index (χ0n) is 7.32. The summed E-state index contributed by atoms with van der Waals surface area (Å²) >= 11 is 0. The number of rotatable bonds is 0. The third-order valence-electron chi connectivity index (χ3n) is 2.33. The van der Waals surface area contributed by atoms with Crippen molar-refractivity contribution in [1.29, 1.82) is 0 Å². The lowest BCUT2D eigenvalue weighted by Gasteiger charge is -2.28. The Labute approximate surface area is 76.4 Å². The van der Waals surface area contributed by atoms with Crippen LogP contribution in [0, 0.1) is 5.92 Å². The van der Waals surface area contributed by atoms with E-state index >= 15 is 0 Å². The summed E-state index contributed by atoms with van der Waals surface area (Å²) in [6.45, 7) is 1.97. The lowest BCUT2D eigenvalue weighted by molar-refractivity contribution is -0.117. The van der Waals surface area contributed by atoms with Crippen molar-refractivity contribution in [2.24, 2.45) is 5.92 Å². The molecule has 68 valence electrons. The first-order valence-electron chi connectivity index (χ1n) is 4.24. The van der Waals surface area contributed by atoms with Gasteiger partial charge < -0.3 is 10.4 Å². The van der Waals surface area contributed by atoms with Gasteiger partial charge in [-0.3, -0.25) is 4.79 Å². The Bertz CT molecular complexity index is 339. The normalized spacial score (nSPS) is 31.6. The number of aliphatic hydroxyl groups is 1. The van der Waals surface area contributed by atoms with Gasteiger partial charge in [0.1, 0.15) is 5.76 Å². The molecule has 3 nitrogen and oxygen atoms in total. The molecular formula is C10H11NO2. The Hall–Kier alpha value is -1.51. The van der Waals surface area contributed by atoms with E-state index in [1.165, 1.54) is 6.08 Å². The van der Waals surface area contributed by atoms with Gasteiger partial charge in [0.05, 0.1) is 12.0 Å². The lowest BCUT2D eigenvalue weighted by Crippen LogP contribution is -2.43. The van der Waals surface area contributed by atoms with Gasteiger partial charge in [0, 0.05) is 6.08 Å². The molecule has 0 fully saturated rings. The molecule has 0 aromatic carbocycles. The number of hydrogen-bond donors (Lipinski definition) is 2. The van der Waals surface area contributed by atoms with Crippen LogP contribution in [0.5, 0.6) is 0 Å². The monoisotopic (exact) mass is 177 g/mol. The smallest absolute Gasteiger partial charge is 0.247 e. The zero-order valence-corrected chi connectivity index (χ0v) is 7.32. The number of amides is 1. The fourth-order valence-electron chi connectivity index (χ4n) is 1.66. The molecule has 13 heavy (non-hydrogen) atoms. The second-order valence-electron chi connectivity index (χ2n) is 3.40. The fourth-order valence-corrected chi connectivity index (χ4v) is 1.66. The highest BCUT2D eigenvalue weighted by Crippen LogP contribution is 2.25. The van der Waals surface area contributed by atoms with Gasteiger partial charge in [0.15, 0.2) is 0 Å². The second-order valence-corrected chi connectivity index (χ2v) is 3.40. The van der Waals surface area contributed by atoms with Crippen molar-refractivity contribution >= 4 is 5.91 Å². The van der Waals surface area contributed by atoms with Gasteiger partial charge in [0.25, 0.3) is 0 Å². The molecule has 1 heterocycles. The Morgan fingerprint density at radius 2 is 2.31 bits per heavy atom. The van der Waals surface area contributed by atoms with Gasteiger partial charge in [-0.25, -0.2) is 0 Å². The van der Waals surface area contributed by atoms with E-state index in [2.05, 4.69) is 5.32 Å².